The zero-order valence-corrected chi connectivity index (χ0v) is 11.9. The van der Waals surface area contributed by atoms with Gasteiger partial charge in [0.25, 0.3) is 5.91 Å². The SMILES string of the molecule is Nc1ccc(C(=O)N2CCCC(=O)c3cc(Cl)ccc32)o1. The summed E-state index contributed by atoms with van der Waals surface area (Å²) in [5.74, 6) is 0.00931. The molecule has 0 bridgehead atoms. The number of nitrogen functional groups attached to an aromatic ring is 1. The minimum atomic E-state index is -0.315. The van der Waals surface area contributed by atoms with Gasteiger partial charge in [-0.3, -0.25) is 9.59 Å². The lowest BCUT2D eigenvalue weighted by molar-refractivity contribution is 0.0957. The summed E-state index contributed by atoms with van der Waals surface area (Å²) in [6, 6.07) is 8.00. The monoisotopic (exact) mass is 304 g/mol. The van der Waals surface area contributed by atoms with Crippen molar-refractivity contribution < 1.29 is 14.0 Å². The van der Waals surface area contributed by atoms with Crippen LogP contribution >= 0.6 is 11.6 Å². The molecule has 21 heavy (non-hydrogen) atoms. The minimum Gasteiger partial charge on any atom is -0.436 e. The van der Waals surface area contributed by atoms with Gasteiger partial charge < -0.3 is 15.1 Å². The van der Waals surface area contributed by atoms with Crippen molar-refractivity contribution in [2.24, 2.45) is 0 Å². The predicted molar refractivity (Wildman–Crippen MR) is 79.8 cm³/mol. The molecule has 6 heteroatoms. The average molecular weight is 305 g/mol. The Morgan fingerprint density at radius 2 is 2.10 bits per heavy atom. The fourth-order valence-corrected chi connectivity index (χ4v) is 2.60. The number of benzene rings is 1. The lowest BCUT2D eigenvalue weighted by Gasteiger charge is -2.21. The van der Waals surface area contributed by atoms with Crippen molar-refractivity contribution in [1.29, 1.82) is 0 Å². The molecule has 0 saturated carbocycles. The standard InChI is InChI=1S/C15H13ClN2O3/c16-9-3-4-11-10(8-9)12(19)2-1-7-18(11)15(20)13-5-6-14(17)21-13/h3-6,8H,1-2,7,17H2. The highest BCUT2D eigenvalue weighted by Gasteiger charge is 2.27. The van der Waals surface area contributed by atoms with E-state index in [-0.39, 0.29) is 23.3 Å². The molecule has 0 unspecified atom stereocenters. The Morgan fingerprint density at radius 1 is 1.29 bits per heavy atom. The highest BCUT2D eigenvalue weighted by Crippen LogP contribution is 2.30. The first-order chi connectivity index (χ1) is 10.1. The van der Waals surface area contributed by atoms with E-state index in [0.717, 1.165) is 0 Å². The zero-order valence-electron chi connectivity index (χ0n) is 11.1. The number of hydrogen-bond acceptors (Lipinski definition) is 4. The molecule has 2 aromatic rings. The molecule has 0 atom stereocenters. The Morgan fingerprint density at radius 3 is 2.81 bits per heavy atom. The quantitative estimate of drug-likeness (QED) is 0.878. The van der Waals surface area contributed by atoms with Crippen LogP contribution in [-0.2, 0) is 0 Å². The van der Waals surface area contributed by atoms with Gasteiger partial charge in [0.05, 0.1) is 5.69 Å². The van der Waals surface area contributed by atoms with Crippen molar-refractivity contribution in [3.63, 3.8) is 0 Å². The molecule has 1 aromatic carbocycles. The van der Waals surface area contributed by atoms with E-state index in [4.69, 9.17) is 21.8 Å². The Kier molecular flexibility index (Phi) is 3.43. The van der Waals surface area contributed by atoms with Crippen molar-refractivity contribution in [2.75, 3.05) is 17.2 Å². The molecule has 0 saturated heterocycles. The van der Waals surface area contributed by atoms with Gasteiger partial charge in [-0.25, -0.2) is 0 Å². The summed E-state index contributed by atoms with van der Waals surface area (Å²) >= 11 is 5.95. The Balaban J connectivity index is 2.05. The molecular weight excluding hydrogens is 292 g/mol. The molecule has 1 aromatic heterocycles. The molecule has 2 heterocycles. The molecule has 0 aliphatic carbocycles. The molecular formula is C15H13ClN2O3. The number of carbonyl (C=O) groups excluding carboxylic acids is 2. The normalized spacial score (nSPS) is 14.7. The summed E-state index contributed by atoms with van der Waals surface area (Å²) in [6.07, 6.45) is 0.977. The molecule has 5 nitrogen and oxygen atoms in total. The first-order valence-electron chi connectivity index (χ1n) is 6.56. The third kappa shape index (κ3) is 2.52. The second kappa shape index (κ2) is 5.26. The van der Waals surface area contributed by atoms with Crippen LogP contribution in [0.2, 0.25) is 5.02 Å². The molecule has 2 N–H and O–H groups in total. The van der Waals surface area contributed by atoms with E-state index >= 15 is 0 Å². The number of rotatable bonds is 1. The van der Waals surface area contributed by atoms with Crippen molar-refractivity contribution in [3.8, 4) is 0 Å². The van der Waals surface area contributed by atoms with Crippen LogP contribution in [0, 0.1) is 0 Å². The fourth-order valence-electron chi connectivity index (χ4n) is 2.43. The summed E-state index contributed by atoms with van der Waals surface area (Å²) in [4.78, 5) is 26.2. The predicted octanol–water partition coefficient (Wildman–Crippen LogP) is 3.14. The van der Waals surface area contributed by atoms with Gasteiger partial charge >= 0.3 is 0 Å². The largest absolute Gasteiger partial charge is 0.436 e. The summed E-state index contributed by atoms with van der Waals surface area (Å²) in [5, 5.41) is 0.471. The third-order valence-electron chi connectivity index (χ3n) is 3.42. The maximum absolute atomic E-state index is 12.6. The lowest BCUT2D eigenvalue weighted by atomic mass is 10.1. The number of anilines is 2. The molecule has 1 aliphatic heterocycles. The van der Waals surface area contributed by atoms with E-state index in [1.165, 1.54) is 17.0 Å². The third-order valence-corrected chi connectivity index (χ3v) is 3.65. The number of Topliss-reactive ketones (excluding diaryl/α,β-unsaturated/α-hetero) is 1. The molecule has 0 spiro atoms. The number of furan rings is 1. The Bertz CT molecular complexity index is 723. The summed E-state index contributed by atoms with van der Waals surface area (Å²) in [6.45, 7) is 0.444. The highest BCUT2D eigenvalue weighted by atomic mass is 35.5. The summed E-state index contributed by atoms with van der Waals surface area (Å²) in [5.41, 5.74) is 6.53. The van der Waals surface area contributed by atoms with E-state index in [0.29, 0.717) is 35.7 Å². The van der Waals surface area contributed by atoms with Crippen LogP contribution in [0.5, 0.6) is 0 Å². The Hall–Kier alpha value is -2.27. The van der Waals surface area contributed by atoms with Crippen LogP contribution in [0.3, 0.4) is 0 Å². The van der Waals surface area contributed by atoms with Crippen LogP contribution < -0.4 is 10.6 Å². The van der Waals surface area contributed by atoms with Crippen LogP contribution in [0.1, 0.15) is 33.8 Å². The fraction of sp³-hybridized carbons (Fsp3) is 0.200. The van der Waals surface area contributed by atoms with Gasteiger partial charge in [-0.05, 0) is 30.7 Å². The van der Waals surface area contributed by atoms with Crippen LogP contribution in [0.4, 0.5) is 11.6 Å². The minimum absolute atomic E-state index is 0.0123. The van der Waals surface area contributed by atoms with Gasteiger partial charge in [-0.2, -0.15) is 0 Å². The number of nitrogens with two attached hydrogens (primary N) is 1. The Labute approximate surface area is 126 Å². The molecule has 108 valence electrons. The first-order valence-corrected chi connectivity index (χ1v) is 6.94. The smallest absolute Gasteiger partial charge is 0.294 e. The highest BCUT2D eigenvalue weighted by molar-refractivity contribution is 6.31. The van der Waals surface area contributed by atoms with E-state index in [2.05, 4.69) is 0 Å². The number of ketones is 1. The van der Waals surface area contributed by atoms with Gasteiger partial charge in [0, 0.05) is 29.6 Å². The van der Waals surface area contributed by atoms with Crippen LogP contribution in [0.15, 0.2) is 34.7 Å². The van der Waals surface area contributed by atoms with Gasteiger partial charge in [-0.1, -0.05) is 11.6 Å². The number of amides is 1. The van der Waals surface area contributed by atoms with Crippen LogP contribution in [0.25, 0.3) is 0 Å². The zero-order chi connectivity index (χ0) is 15.0. The number of halogens is 1. The maximum Gasteiger partial charge on any atom is 0.294 e. The van der Waals surface area contributed by atoms with E-state index in [9.17, 15) is 9.59 Å². The van der Waals surface area contributed by atoms with Crippen molar-refractivity contribution in [2.45, 2.75) is 12.8 Å². The molecule has 0 radical (unpaired) electrons. The summed E-state index contributed by atoms with van der Waals surface area (Å²) < 4.78 is 5.18. The van der Waals surface area contributed by atoms with Crippen molar-refractivity contribution in [1.82, 2.24) is 0 Å². The number of carbonyl (C=O) groups is 2. The summed E-state index contributed by atoms with van der Waals surface area (Å²) in [7, 11) is 0. The second-order valence-corrected chi connectivity index (χ2v) is 5.28. The average Bonchev–Trinajstić information content (AvgIpc) is 2.82. The van der Waals surface area contributed by atoms with E-state index in [1.807, 2.05) is 0 Å². The number of fused-ring (bicyclic) bond motifs is 1. The number of nitrogens with zero attached hydrogens (tertiary/aromatic N) is 1. The molecule has 1 aliphatic rings. The van der Waals surface area contributed by atoms with Gasteiger partial charge in [-0.15, -0.1) is 0 Å². The van der Waals surface area contributed by atoms with E-state index in [1.54, 1.807) is 18.2 Å². The first kappa shape index (κ1) is 13.7. The topological polar surface area (TPSA) is 76.5 Å². The maximum atomic E-state index is 12.6. The van der Waals surface area contributed by atoms with E-state index < -0.39 is 0 Å². The molecule has 3 rings (SSSR count). The van der Waals surface area contributed by atoms with Gasteiger partial charge in [0.2, 0.25) is 0 Å². The van der Waals surface area contributed by atoms with Crippen molar-refractivity contribution in [3.05, 3.63) is 46.7 Å². The van der Waals surface area contributed by atoms with Crippen molar-refractivity contribution >= 4 is 34.9 Å². The van der Waals surface area contributed by atoms with Crippen LogP contribution in [-0.4, -0.2) is 18.2 Å². The molecule has 1 amide bonds. The second-order valence-electron chi connectivity index (χ2n) is 4.85. The van der Waals surface area contributed by atoms with Gasteiger partial charge in [0.1, 0.15) is 0 Å². The molecule has 0 fully saturated rings. The number of hydrogen-bond donors (Lipinski definition) is 1. The lowest BCUT2D eigenvalue weighted by Crippen LogP contribution is -2.31. The van der Waals surface area contributed by atoms with Gasteiger partial charge in [0.15, 0.2) is 17.4 Å².